The highest BCUT2D eigenvalue weighted by atomic mass is 35.5. The largest absolute Gasteiger partial charge is 0.481 e. The number of rotatable bonds is 6. The summed E-state index contributed by atoms with van der Waals surface area (Å²) in [6.45, 7) is 2.04. The standard InChI is InChI=1S/C13H16Cl3NO2/c1-2-7(5-8(6-17)13(18)19)11-9(14)3-4-10(15)12(11)16/h3-4,7-8H,2,5-6,17H2,1H3,(H,18,19). The lowest BCUT2D eigenvalue weighted by Crippen LogP contribution is -2.25. The number of nitrogens with two attached hydrogens (primary N) is 1. The van der Waals surface area contributed by atoms with Gasteiger partial charge in [-0.1, -0.05) is 41.7 Å². The molecule has 1 aromatic rings. The lowest BCUT2D eigenvalue weighted by Gasteiger charge is -2.22. The molecule has 0 amide bonds. The summed E-state index contributed by atoms with van der Waals surface area (Å²) in [7, 11) is 0. The quantitative estimate of drug-likeness (QED) is 0.771. The first-order valence-corrected chi connectivity index (χ1v) is 7.11. The predicted molar refractivity (Wildman–Crippen MR) is 79.3 cm³/mol. The van der Waals surface area contributed by atoms with Crippen molar-refractivity contribution in [3.05, 3.63) is 32.8 Å². The van der Waals surface area contributed by atoms with E-state index in [1.807, 2.05) is 6.92 Å². The van der Waals surface area contributed by atoms with Crippen molar-refractivity contribution >= 4 is 40.8 Å². The average Bonchev–Trinajstić information content (AvgIpc) is 2.37. The lowest BCUT2D eigenvalue weighted by atomic mass is 9.87. The Kier molecular flexibility index (Phi) is 6.40. The van der Waals surface area contributed by atoms with Crippen molar-refractivity contribution in [1.29, 1.82) is 0 Å². The summed E-state index contributed by atoms with van der Waals surface area (Å²) >= 11 is 18.3. The van der Waals surface area contributed by atoms with Gasteiger partial charge in [0.1, 0.15) is 0 Å². The molecular formula is C13H16Cl3NO2. The molecule has 0 heterocycles. The van der Waals surface area contributed by atoms with E-state index in [4.69, 9.17) is 45.6 Å². The van der Waals surface area contributed by atoms with Gasteiger partial charge in [0, 0.05) is 11.6 Å². The molecule has 0 radical (unpaired) electrons. The van der Waals surface area contributed by atoms with Gasteiger partial charge in [-0.05, 0) is 36.5 Å². The zero-order valence-electron chi connectivity index (χ0n) is 10.5. The van der Waals surface area contributed by atoms with Crippen molar-refractivity contribution < 1.29 is 9.90 Å². The molecule has 6 heteroatoms. The first-order chi connectivity index (χ1) is 8.92. The fourth-order valence-corrected chi connectivity index (χ4v) is 2.89. The Balaban J connectivity index is 3.10. The van der Waals surface area contributed by atoms with Crippen LogP contribution in [0.1, 0.15) is 31.2 Å². The summed E-state index contributed by atoms with van der Waals surface area (Å²) in [5.74, 6) is -1.60. The van der Waals surface area contributed by atoms with E-state index in [0.29, 0.717) is 33.5 Å². The molecule has 3 N–H and O–H groups in total. The van der Waals surface area contributed by atoms with E-state index < -0.39 is 11.9 Å². The Hall–Kier alpha value is -0.480. The Morgan fingerprint density at radius 1 is 1.32 bits per heavy atom. The van der Waals surface area contributed by atoms with E-state index in [0.717, 1.165) is 0 Å². The summed E-state index contributed by atoms with van der Waals surface area (Å²) in [6.07, 6.45) is 1.10. The third-order valence-electron chi connectivity index (χ3n) is 3.18. The number of carboxylic acid groups (broad SMARTS) is 1. The number of halogens is 3. The summed E-state index contributed by atoms with van der Waals surface area (Å²) in [4.78, 5) is 11.1. The topological polar surface area (TPSA) is 63.3 Å². The zero-order valence-corrected chi connectivity index (χ0v) is 12.8. The minimum atomic E-state index is -0.907. The second-order valence-electron chi connectivity index (χ2n) is 4.37. The number of hydrogen-bond acceptors (Lipinski definition) is 2. The van der Waals surface area contributed by atoms with Crippen LogP contribution < -0.4 is 5.73 Å². The van der Waals surface area contributed by atoms with Gasteiger partial charge in [0.05, 0.1) is 16.0 Å². The van der Waals surface area contributed by atoms with Gasteiger partial charge < -0.3 is 10.8 Å². The van der Waals surface area contributed by atoms with Crippen molar-refractivity contribution in [3.8, 4) is 0 Å². The Bertz CT molecular complexity index is 465. The molecule has 2 atom stereocenters. The number of aliphatic carboxylic acids is 1. The van der Waals surface area contributed by atoms with Crippen LogP contribution in [0.5, 0.6) is 0 Å². The van der Waals surface area contributed by atoms with Gasteiger partial charge in [-0.2, -0.15) is 0 Å². The molecule has 0 aliphatic rings. The van der Waals surface area contributed by atoms with Crippen LogP contribution in [-0.4, -0.2) is 17.6 Å². The number of benzene rings is 1. The number of carboxylic acids is 1. The van der Waals surface area contributed by atoms with Gasteiger partial charge >= 0.3 is 5.97 Å². The molecule has 106 valence electrons. The first-order valence-electron chi connectivity index (χ1n) is 5.98. The van der Waals surface area contributed by atoms with Crippen LogP contribution in [-0.2, 0) is 4.79 Å². The molecule has 3 nitrogen and oxygen atoms in total. The van der Waals surface area contributed by atoms with Crippen molar-refractivity contribution in [3.63, 3.8) is 0 Å². The molecule has 0 fully saturated rings. The molecule has 19 heavy (non-hydrogen) atoms. The summed E-state index contributed by atoms with van der Waals surface area (Å²) in [6, 6.07) is 3.30. The predicted octanol–water partition coefficient (Wildman–Crippen LogP) is 4.19. The molecule has 0 bridgehead atoms. The van der Waals surface area contributed by atoms with Gasteiger partial charge in [-0.25, -0.2) is 0 Å². The van der Waals surface area contributed by atoms with E-state index in [1.165, 1.54) is 0 Å². The SMILES string of the molecule is CCC(CC(CN)C(=O)O)c1c(Cl)ccc(Cl)c1Cl. The molecule has 0 aliphatic heterocycles. The molecule has 2 unspecified atom stereocenters. The van der Waals surface area contributed by atoms with Crippen LogP contribution in [0, 0.1) is 5.92 Å². The Morgan fingerprint density at radius 2 is 1.89 bits per heavy atom. The molecular weight excluding hydrogens is 309 g/mol. The van der Waals surface area contributed by atoms with Crippen LogP contribution in [0.2, 0.25) is 15.1 Å². The highest BCUT2D eigenvalue weighted by Crippen LogP contribution is 2.40. The molecule has 0 saturated carbocycles. The summed E-state index contributed by atoms with van der Waals surface area (Å²) < 4.78 is 0. The van der Waals surface area contributed by atoms with E-state index >= 15 is 0 Å². The van der Waals surface area contributed by atoms with Crippen LogP contribution >= 0.6 is 34.8 Å². The van der Waals surface area contributed by atoms with Gasteiger partial charge in [-0.3, -0.25) is 4.79 Å². The van der Waals surface area contributed by atoms with E-state index in [-0.39, 0.29) is 12.5 Å². The minimum absolute atomic E-state index is 0.0802. The van der Waals surface area contributed by atoms with Crippen molar-refractivity contribution in [2.24, 2.45) is 11.7 Å². The molecule has 0 aliphatic carbocycles. The highest BCUT2D eigenvalue weighted by Gasteiger charge is 2.25. The van der Waals surface area contributed by atoms with E-state index in [2.05, 4.69) is 0 Å². The first kappa shape index (κ1) is 16.6. The second kappa shape index (κ2) is 7.34. The second-order valence-corrected chi connectivity index (χ2v) is 5.56. The maximum atomic E-state index is 11.1. The molecule has 1 rings (SSSR count). The van der Waals surface area contributed by atoms with Crippen molar-refractivity contribution in [2.45, 2.75) is 25.7 Å². The third-order valence-corrected chi connectivity index (χ3v) is 4.33. The number of hydrogen-bond donors (Lipinski definition) is 2. The third kappa shape index (κ3) is 3.99. The van der Waals surface area contributed by atoms with Gasteiger partial charge in [0.25, 0.3) is 0 Å². The number of carbonyl (C=O) groups is 1. The average molecular weight is 325 g/mol. The van der Waals surface area contributed by atoms with Crippen LogP contribution in [0.25, 0.3) is 0 Å². The van der Waals surface area contributed by atoms with Crippen molar-refractivity contribution in [2.75, 3.05) is 6.54 Å². The van der Waals surface area contributed by atoms with E-state index in [9.17, 15) is 4.79 Å². The van der Waals surface area contributed by atoms with E-state index in [1.54, 1.807) is 12.1 Å². The summed E-state index contributed by atoms with van der Waals surface area (Å²) in [5.41, 5.74) is 6.19. The van der Waals surface area contributed by atoms with Gasteiger partial charge in [0.2, 0.25) is 0 Å². The Morgan fingerprint density at radius 3 is 2.37 bits per heavy atom. The maximum Gasteiger partial charge on any atom is 0.307 e. The summed E-state index contributed by atoms with van der Waals surface area (Å²) in [5, 5.41) is 10.4. The fourth-order valence-electron chi connectivity index (χ4n) is 2.05. The van der Waals surface area contributed by atoms with Crippen LogP contribution in [0.3, 0.4) is 0 Å². The molecule has 1 aromatic carbocycles. The Labute approximate surface area is 127 Å². The lowest BCUT2D eigenvalue weighted by molar-refractivity contribution is -0.141. The maximum absolute atomic E-state index is 11.1. The van der Waals surface area contributed by atoms with Crippen LogP contribution in [0.4, 0.5) is 0 Å². The molecule has 0 saturated heterocycles. The molecule has 0 aromatic heterocycles. The normalized spacial score (nSPS) is 14.2. The fraction of sp³-hybridized carbons (Fsp3) is 0.462. The monoisotopic (exact) mass is 323 g/mol. The van der Waals surface area contributed by atoms with Gasteiger partial charge in [0.15, 0.2) is 0 Å². The molecule has 0 spiro atoms. The zero-order chi connectivity index (χ0) is 14.6. The van der Waals surface area contributed by atoms with Crippen molar-refractivity contribution in [1.82, 2.24) is 0 Å². The van der Waals surface area contributed by atoms with Crippen LogP contribution in [0.15, 0.2) is 12.1 Å². The minimum Gasteiger partial charge on any atom is -0.481 e. The van der Waals surface area contributed by atoms with Gasteiger partial charge in [-0.15, -0.1) is 0 Å². The smallest absolute Gasteiger partial charge is 0.307 e. The highest BCUT2D eigenvalue weighted by molar-refractivity contribution is 6.44.